The summed E-state index contributed by atoms with van der Waals surface area (Å²) in [4.78, 5) is 22.9. The molecule has 100 valence electrons. The maximum Gasteiger partial charge on any atom is 0.230 e. The second kappa shape index (κ2) is 9.48. The molecule has 1 atom stereocenters. The number of hydrogen-bond acceptors (Lipinski definition) is 4. The minimum absolute atomic E-state index is 0.0118. The molecule has 0 aliphatic heterocycles. The standard InChI is InChI=1S/C12H23NO3S/c1-9(2)12(10(3)14)13-11(15)8-17-7-5-6-16-4/h9,12H,5-8H2,1-4H3,(H,13,15). The van der Waals surface area contributed by atoms with Gasteiger partial charge in [0.25, 0.3) is 0 Å². The molecule has 5 heteroatoms. The van der Waals surface area contributed by atoms with Gasteiger partial charge in [0.2, 0.25) is 5.91 Å². The van der Waals surface area contributed by atoms with Crippen LogP contribution in [0.5, 0.6) is 0 Å². The predicted octanol–water partition coefficient (Wildman–Crippen LogP) is 1.49. The second-order valence-electron chi connectivity index (χ2n) is 4.30. The fourth-order valence-electron chi connectivity index (χ4n) is 1.42. The highest BCUT2D eigenvalue weighted by Crippen LogP contribution is 2.05. The molecule has 1 N–H and O–H groups in total. The summed E-state index contributed by atoms with van der Waals surface area (Å²) in [5.41, 5.74) is 0. The molecule has 0 rings (SSSR count). The van der Waals surface area contributed by atoms with Crippen molar-refractivity contribution >= 4 is 23.5 Å². The quantitative estimate of drug-likeness (QED) is 0.639. The van der Waals surface area contributed by atoms with Gasteiger partial charge in [-0.05, 0) is 25.0 Å². The van der Waals surface area contributed by atoms with Crippen molar-refractivity contribution in [2.45, 2.75) is 33.2 Å². The molecule has 0 aromatic heterocycles. The number of Topliss-reactive ketones (excluding diaryl/α,β-unsaturated/α-hetero) is 1. The Morgan fingerprint density at radius 1 is 1.35 bits per heavy atom. The van der Waals surface area contributed by atoms with Crippen molar-refractivity contribution in [3.63, 3.8) is 0 Å². The van der Waals surface area contributed by atoms with Crippen LogP contribution in [0.3, 0.4) is 0 Å². The van der Waals surface area contributed by atoms with E-state index in [4.69, 9.17) is 4.74 Å². The van der Waals surface area contributed by atoms with Crippen molar-refractivity contribution in [3.8, 4) is 0 Å². The lowest BCUT2D eigenvalue weighted by molar-refractivity contribution is -0.126. The highest BCUT2D eigenvalue weighted by Gasteiger charge is 2.20. The van der Waals surface area contributed by atoms with E-state index in [1.165, 1.54) is 6.92 Å². The van der Waals surface area contributed by atoms with E-state index in [1.54, 1.807) is 18.9 Å². The Bertz CT molecular complexity index is 244. The Labute approximate surface area is 108 Å². The molecule has 0 fully saturated rings. The van der Waals surface area contributed by atoms with E-state index < -0.39 is 0 Å². The topological polar surface area (TPSA) is 55.4 Å². The van der Waals surface area contributed by atoms with Gasteiger partial charge in [-0.25, -0.2) is 0 Å². The first-order chi connectivity index (χ1) is 7.99. The van der Waals surface area contributed by atoms with Crippen LogP contribution < -0.4 is 5.32 Å². The van der Waals surface area contributed by atoms with Crippen LogP contribution in [0.25, 0.3) is 0 Å². The third-order valence-electron chi connectivity index (χ3n) is 2.29. The van der Waals surface area contributed by atoms with Gasteiger partial charge in [-0.3, -0.25) is 9.59 Å². The number of rotatable bonds is 9. The Kier molecular flexibility index (Phi) is 9.17. The summed E-state index contributed by atoms with van der Waals surface area (Å²) in [5.74, 6) is 1.38. The van der Waals surface area contributed by atoms with Crippen LogP contribution >= 0.6 is 11.8 Å². The number of carbonyl (C=O) groups is 2. The minimum Gasteiger partial charge on any atom is -0.385 e. The molecular formula is C12H23NO3S. The smallest absolute Gasteiger partial charge is 0.230 e. The lowest BCUT2D eigenvalue weighted by Gasteiger charge is -2.19. The summed E-state index contributed by atoms with van der Waals surface area (Å²) < 4.78 is 4.92. The van der Waals surface area contributed by atoms with E-state index in [1.807, 2.05) is 13.8 Å². The Balaban J connectivity index is 3.80. The molecule has 1 unspecified atom stereocenters. The molecular weight excluding hydrogens is 238 g/mol. The Hall–Kier alpha value is -0.550. The first-order valence-electron chi connectivity index (χ1n) is 5.85. The molecule has 0 spiro atoms. The maximum atomic E-state index is 11.6. The van der Waals surface area contributed by atoms with Crippen LogP contribution in [-0.2, 0) is 14.3 Å². The van der Waals surface area contributed by atoms with Gasteiger partial charge in [0.05, 0.1) is 11.8 Å². The number of methoxy groups -OCH3 is 1. The zero-order valence-electron chi connectivity index (χ0n) is 11.1. The fourth-order valence-corrected chi connectivity index (χ4v) is 2.16. The van der Waals surface area contributed by atoms with Crippen LogP contribution in [-0.4, -0.2) is 43.0 Å². The van der Waals surface area contributed by atoms with Crippen molar-refractivity contribution in [1.29, 1.82) is 0 Å². The number of thioether (sulfide) groups is 1. The summed E-state index contributed by atoms with van der Waals surface area (Å²) in [6, 6.07) is -0.359. The lowest BCUT2D eigenvalue weighted by Crippen LogP contribution is -2.44. The second-order valence-corrected chi connectivity index (χ2v) is 5.40. The third kappa shape index (κ3) is 8.21. The van der Waals surface area contributed by atoms with Gasteiger partial charge in [0.1, 0.15) is 0 Å². The predicted molar refractivity (Wildman–Crippen MR) is 71.3 cm³/mol. The number of ketones is 1. The number of hydrogen-bond donors (Lipinski definition) is 1. The molecule has 0 saturated heterocycles. The van der Waals surface area contributed by atoms with Gasteiger partial charge in [0, 0.05) is 13.7 Å². The zero-order chi connectivity index (χ0) is 13.3. The van der Waals surface area contributed by atoms with E-state index in [0.29, 0.717) is 5.75 Å². The molecule has 4 nitrogen and oxygen atoms in total. The molecule has 0 bridgehead atoms. The van der Waals surface area contributed by atoms with E-state index in [2.05, 4.69) is 5.32 Å². The Morgan fingerprint density at radius 3 is 2.47 bits per heavy atom. The fraction of sp³-hybridized carbons (Fsp3) is 0.833. The Morgan fingerprint density at radius 2 is 2.00 bits per heavy atom. The normalized spacial score (nSPS) is 12.5. The number of amides is 1. The van der Waals surface area contributed by atoms with Gasteiger partial charge >= 0.3 is 0 Å². The van der Waals surface area contributed by atoms with Gasteiger partial charge in [-0.2, -0.15) is 11.8 Å². The first kappa shape index (κ1) is 16.4. The summed E-state index contributed by atoms with van der Waals surface area (Å²) >= 11 is 1.56. The summed E-state index contributed by atoms with van der Waals surface area (Å²) in [6.07, 6.45) is 0.939. The third-order valence-corrected chi connectivity index (χ3v) is 3.34. The van der Waals surface area contributed by atoms with Crippen LogP contribution in [0.15, 0.2) is 0 Å². The van der Waals surface area contributed by atoms with E-state index >= 15 is 0 Å². The number of nitrogens with one attached hydrogen (secondary N) is 1. The first-order valence-corrected chi connectivity index (χ1v) is 7.01. The van der Waals surface area contributed by atoms with Crippen molar-refractivity contribution < 1.29 is 14.3 Å². The number of ether oxygens (including phenoxy) is 1. The van der Waals surface area contributed by atoms with Crippen molar-refractivity contribution in [1.82, 2.24) is 5.32 Å². The summed E-state index contributed by atoms with van der Waals surface area (Å²) in [7, 11) is 1.66. The molecule has 0 aliphatic carbocycles. The monoisotopic (exact) mass is 261 g/mol. The van der Waals surface area contributed by atoms with Crippen molar-refractivity contribution in [3.05, 3.63) is 0 Å². The average molecular weight is 261 g/mol. The molecule has 0 aromatic rings. The lowest BCUT2D eigenvalue weighted by atomic mass is 10.0. The van der Waals surface area contributed by atoms with Crippen LogP contribution in [0.4, 0.5) is 0 Å². The van der Waals surface area contributed by atoms with E-state index in [0.717, 1.165) is 18.8 Å². The molecule has 0 saturated carbocycles. The highest BCUT2D eigenvalue weighted by atomic mass is 32.2. The zero-order valence-corrected chi connectivity index (χ0v) is 11.9. The molecule has 17 heavy (non-hydrogen) atoms. The molecule has 0 aliphatic rings. The molecule has 0 aromatic carbocycles. The van der Waals surface area contributed by atoms with E-state index in [9.17, 15) is 9.59 Å². The molecule has 0 heterocycles. The van der Waals surface area contributed by atoms with Crippen molar-refractivity contribution in [2.24, 2.45) is 5.92 Å². The van der Waals surface area contributed by atoms with Gasteiger partial charge in [-0.1, -0.05) is 13.8 Å². The van der Waals surface area contributed by atoms with Crippen LogP contribution in [0, 0.1) is 5.92 Å². The maximum absolute atomic E-state index is 11.6. The largest absolute Gasteiger partial charge is 0.385 e. The summed E-state index contributed by atoms with van der Waals surface area (Å²) in [5, 5.41) is 2.77. The highest BCUT2D eigenvalue weighted by molar-refractivity contribution is 7.99. The van der Waals surface area contributed by atoms with Gasteiger partial charge in [0.15, 0.2) is 5.78 Å². The van der Waals surface area contributed by atoms with Gasteiger partial charge < -0.3 is 10.1 Å². The average Bonchev–Trinajstić information content (AvgIpc) is 2.24. The van der Waals surface area contributed by atoms with Crippen molar-refractivity contribution in [2.75, 3.05) is 25.2 Å². The van der Waals surface area contributed by atoms with E-state index in [-0.39, 0.29) is 23.7 Å². The minimum atomic E-state index is -0.359. The molecule has 1 amide bonds. The molecule has 0 radical (unpaired) electrons. The SMILES string of the molecule is COCCCSCC(=O)NC(C(C)=O)C(C)C. The van der Waals surface area contributed by atoms with Crippen LogP contribution in [0.1, 0.15) is 27.2 Å². The van der Waals surface area contributed by atoms with Crippen LogP contribution in [0.2, 0.25) is 0 Å². The summed E-state index contributed by atoms with van der Waals surface area (Å²) in [6.45, 7) is 6.09. The number of carbonyl (C=O) groups excluding carboxylic acids is 2. The van der Waals surface area contributed by atoms with Gasteiger partial charge in [-0.15, -0.1) is 0 Å².